The van der Waals surface area contributed by atoms with E-state index in [1.54, 1.807) is 0 Å². The molecule has 2 heteroatoms. The monoisotopic (exact) mass is 309 g/mol. The van der Waals surface area contributed by atoms with Gasteiger partial charge in [0.15, 0.2) is 0 Å². The van der Waals surface area contributed by atoms with Crippen molar-refractivity contribution in [2.45, 2.75) is 109 Å². The zero-order valence-electron chi connectivity index (χ0n) is 15.2. The van der Waals surface area contributed by atoms with Crippen molar-refractivity contribution in [1.29, 1.82) is 0 Å². The molecule has 1 unspecified atom stereocenters. The fraction of sp³-hybridized carbons (Fsp3) is 0.950. The molecule has 130 valence electrons. The van der Waals surface area contributed by atoms with Crippen LogP contribution in [0, 0.1) is 0 Å². The maximum atomic E-state index is 12.2. The van der Waals surface area contributed by atoms with Crippen LogP contribution in [0.5, 0.6) is 0 Å². The fourth-order valence-electron chi connectivity index (χ4n) is 3.61. The Bertz CT molecular complexity index is 277. The molecule has 1 atom stereocenters. The quantitative estimate of drug-likeness (QED) is 0.404. The van der Waals surface area contributed by atoms with E-state index in [9.17, 15) is 4.79 Å². The topological polar surface area (TPSA) is 20.3 Å². The summed E-state index contributed by atoms with van der Waals surface area (Å²) < 4.78 is 0. The summed E-state index contributed by atoms with van der Waals surface area (Å²) in [6.07, 6.45) is 19.3. The molecule has 22 heavy (non-hydrogen) atoms. The van der Waals surface area contributed by atoms with Crippen LogP contribution in [0.3, 0.4) is 0 Å². The van der Waals surface area contributed by atoms with Crippen LogP contribution in [0.1, 0.15) is 103 Å². The van der Waals surface area contributed by atoms with E-state index in [1.165, 1.54) is 77.0 Å². The zero-order chi connectivity index (χ0) is 16.0. The minimum Gasteiger partial charge on any atom is -0.298 e. The lowest BCUT2D eigenvalue weighted by Crippen LogP contribution is -2.41. The van der Waals surface area contributed by atoms with Gasteiger partial charge >= 0.3 is 0 Å². The molecule has 1 saturated heterocycles. The number of likely N-dealkylation sites (tertiary alicyclic amines) is 1. The number of likely N-dealkylation sites (N-methyl/N-ethyl adjacent to an activating group) is 1. The van der Waals surface area contributed by atoms with Crippen molar-refractivity contribution >= 4 is 5.78 Å². The molecular formula is C20H39NO. The summed E-state index contributed by atoms with van der Waals surface area (Å²) in [4.78, 5) is 14.5. The molecular weight excluding hydrogens is 270 g/mol. The van der Waals surface area contributed by atoms with Gasteiger partial charge in [0.2, 0.25) is 0 Å². The first kappa shape index (κ1) is 19.7. The third kappa shape index (κ3) is 8.92. The number of rotatable bonds is 13. The van der Waals surface area contributed by atoms with Gasteiger partial charge in [-0.3, -0.25) is 9.69 Å². The van der Waals surface area contributed by atoms with Crippen molar-refractivity contribution in [3.05, 3.63) is 0 Å². The van der Waals surface area contributed by atoms with Crippen molar-refractivity contribution in [3.8, 4) is 0 Å². The SMILES string of the molecule is CCCCCCCCCCCCCC(=O)C1CCCCN1C. The average molecular weight is 310 g/mol. The molecule has 1 heterocycles. The molecule has 0 aromatic rings. The molecule has 1 rings (SSSR count). The van der Waals surface area contributed by atoms with Gasteiger partial charge in [-0.2, -0.15) is 0 Å². The van der Waals surface area contributed by atoms with E-state index in [0.717, 1.165) is 25.8 Å². The predicted octanol–water partition coefficient (Wildman–Crippen LogP) is 5.74. The molecule has 1 aliphatic heterocycles. The Kier molecular flexibility index (Phi) is 11.7. The van der Waals surface area contributed by atoms with E-state index in [1.807, 2.05) is 0 Å². The smallest absolute Gasteiger partial charge is 0.149 e. The van der Waals surface area contributed by atoms with Gasteiger partial charge in [-0.15, -0.1) is 0 Å². The van der Waals surface area contributed by atoms with Gasteiger partial charge in [0.1, 0.15) is 5.78 Å². The lowest BCUT2D eigenvalue weighted by Gasteiger charge is -2.31. The summed E-state index contributed by atoms with van der Waals surface area (Å²) >= 11 is 0. The number of ketones is 1. The molecule has 0 N–H and O–H groups in total. The van der Waals surface area contributed by atoms with E-state index >= 15 is 0 Å². The Morgan fingerprint density at radius 2 is 1.41 bits per heavy atom. The van der Waals surface area contributed by atoms with Gasteiger partial charge < -0.3 is 0 Å². The lowest BCUT2D eigenvalue weighted by atomic mass is 9.95. The summed E-state index contributed by atoms with van der Waals surface area (Å²) in [6, 6.07) is 0.233. The van der Waals surface area contributed by atoms with Crippen molar-refractivity contribution in [2.24, 2.45) is 0 Å². The highest BCUT2D eigenvalue weighted by Crippen LogP contribution is 2.18. The largest absolute Gasteiger partial charge is 0.298 e. The number of unbranched alkanes of at least 4 members (excludes halogenated alkanes) is 10. The fourth-order valence-corrected chi connectivity index (χ4v) is 3.61. The second-order valence-corrected chi connectivity index (χ2v) is 7.24. The Balaban J connectivity index is 1.87. The first-order chi connectivity index (χ1) is 10.8. The maximum absolute atomic E-state index is 12.2. The third-order valence-corrected chi connectivity index (χ3v) is 5.17. The number of piperidine rings is 1. The molecule has 0 amide bonds. The first-order valence-corrected chi connectivity index (χ1v) is 9.98. The highest BCUT2D eigenvalue weighted by molar-refractivity contribution is 5.84. The van der Waals surface area contributed by atoms with Crippen LogP contribution in [0.2, 0.25) is 0 Å². The van der Waals surface area contributed by atoms with Crippen LogP contribution < -0.4 is 0 Å². The molecule has 0 bridgehead atoms. The zero-order valence-corrected chi connectivity index (χ0v) is 15.2. The van der Waals surface area contributed by atoms with E-state index in [4.69, 9.17) is 0 Å². The van der Waals surface area contributed by atoms with E-state index < -0.39 is 0 Å². The van der Waals surface area contributed by atoms with Crippen LogP contribution in [0.15, 0.2) is 0 Å². The molecule has 1 aliphatic rings. The maximum Gasteiger partial charge on any atom is 0.149 e. The summed E-state index contributed by atoms with van der Waals surface area (Å²) in [5.41, 5.74) is 0. The molecule has 0 radical (unpaired) electrons. The lowest BCUT2D eigenvalue weighted by molar-refractivity contribution is -0.125. The van der Waals surface area contributed by atoms with Crippen molar-refractivity contribution in [3.63, 3.8) is 0 Å². The molecule has 1 fully saturated rings. The van der Waals surface area contributed by atoms with Crippen molar-refractivity contribution < 1.29 is 4.79 Å². The van der Waals surface area contributed by atoms with Gasteiger partial charge in [0.25, 0.3) is 0 Å². The Labute approximate surface area is 139 Å². The van der Waals surface area contributed by atoms with Crippen LogP contribution in [0.4, 0.5) is 0 Å². The number of hydrogen-bond acceptors (Lipinski definition) is 2. The molecule has 0 saturated carbocycles. The summed E-state index contributed by atoms with van der Waals surface area (Å²) in [5.74, 6) is 0.498. The van der Waals surface area contributed by atoms with Gasteiger partial charge in [-0.05, 0) is 32.9 Å². The van der Waals surface area contributed by atoms with Gasteiger partial charge in [-0.25, -0.2) is 0 Å². The molecule has 0 aromatic heterocycles. The van der Waals surface area contributed by atoms with Crippen LogP contribution in [-0.2, 0) is 4.79 Å². The van der Waals surface area contributed by atoms with Gasteiger partial charge in [0.05, 0.1) is 6.04 Å². The first-order valence-electron chi connectivity index (χ1n) is 9.98. The summed E-state index contributed by atoms with van der Waals surface area (Å²) in [5, 5.41) is 0. The highest BCUT2D eigenvalue weighted by atomic mass is 16.1. The van der Waals surface area contributed by atoms with Gasteiger partial charge in [-0.1, -0.05) is 77.6 Å². The Morgan fingerprint density at radius 1 is 0.864 bits per heavy atom. The normalized spacial score (nSPS) is 19.5. The molecule has 0 spiro atoms. The minimum atomic E-state index is 0.233. The average Bonchev–Trinajstić information content (AvgIpc) is 2.53. The van der Waals surface area contributed by atoms with E-state index in [0.29, 0.717) is 5.78 Å². The van der Waals surface area contributed by atoms with E-state index in [-0.39, 0.29) is 6.04 Å². The highest BCUT2D eigenvalue weighted by Gasteiger charge is 2.24. The van der Waals surface area contributed by atoms with Crippen LogP contribution in [0.25, 0.3) is 0 Å². The summed E-state index contributed by atoms with van der Waals surface area (Å²) in [6.45, 7) is 3.38. The predicted molar refractivity (Wildman–Crippen MR) is 96.4 cm³/mol. The minimum absolute atomic E-state index is 0.233. The van der Waals surface area contributed by atoms with Gasteiger partial charge in [0, 0.05) is 6.42 Å². The van der Waals surface area contributed by atoms with E-state index in [2.05, 4.69) is 18.9 Å². The standard InChI is InChI=1S/C20H39NO/c1-3-4-5-6-7-8-9-10-11-12-13-17-20(22)19-16-14-15-18-21(19)2/h19H,3-18H2,1-2H3. The number of carbonyl (C=O) groups excluding carboxylic acids is 1. The summed E-state index contributed by atoms with van der Waals surface area (Å²) in [7, 11) is 2.11. The molecule has 0 aromatic carbocycles. The van der Waals surface area contributed by atoms with Crippen LogP contribution >= 0.6 is 0 Å². The number of nitrogens with zero attached hydrogens (tertiary/aromatic N) is 1. The number of hydrogen-bond donors (Lipinski definition) is 0. The third-order valence-electron chi connectivity index (χ3n) is 5.17. The number of Topliss-reactive ketones (excluding diaryl/α,β-unsaturated/α-hetero) is 1. The van der Waals surface area contributed by atoms with Crippen molar-refractivity contribution in [1.82, 2.24) is 4.90 Å². The van der Waals surface area contributed by atoms with Crippen LogP contribution in [-0.4, -0.2) is 30.3 Å². The Hall–Kier alpha value is -0.370. The van der Waals surface area contributed by atoms with Crippen molar-refractivity contribution in [2.75, 3.05) is 13.6 Å². The molecule has 0 aliphatic carbocycles. The molecule has 2 nitrogen and oxygen atoms in total. The number of carbonyl (C=O) groups is 1. The second kappa shape index (κ2) is 13.1. The second-order valence-electron chi connectivity index (χ2n) is 7.24. The Morgan fingerprint density at radius 3 is 1.95 bits per heavy atom.